The van der Waals surface area contributed by atoms with Crippen LogP contribution in [0, 0.1) is 9.68 Å². The van der Waals surface area contributed by atoms with E-state index in [9.17, 15) is 9.70 Å². The van der Waals surface area contributed by atoms with E-state index >= 15 is 0 Å². The highest BCUT2D eigenvalue weighted by atomic mass is 32.1. The first-order valence-electron chi connectivity index (χ1n) is 4.55. The van der Waals surface area contributed by atoms with Gasteiger partial charge in [-0.15, -0.1) is 0 Å². The van der Waals surface area contributed by atoms with Crippen LogP contribution in [0.1, 0.15) is 0 Å². The summed E-state index contributed by atoms with van der Waals surface area (Å²) in [5.41, 5.74) is -0.286. The van der Waals surface area contributed by atoms with Gasteiger partial charge in [0.25, 0.3) is 4.77 Å². The first-order chi connectivity index (χ1) is 8.11. The number of H-pyrrole nitrogens is 1. The van der Waals surface area contributed by atoms with Crippen molar-refractivity contribution in [2.45, 2.75) is 0 Å². The van der Waals surface area contributed by atoms with Gasteiger partial charge < -0.3 is 0 Å². The molecule has 2 aromatic rings. The molecule has 2 N–H and O–H groups in total. The van der Waals surface area contributed by atoms with E-state index < -0.39 is 10.6 Å². The lowest BCUT2D eigenvalue weighted by atomic mass is 10.2. The van der Waals surface area contributed by atoms with Crippen LogP contribution >= 0.6 is 12.2 Å². The van der Waals surface area contributed by atoms with Crippen LogP contribution in [0.2, 0.25) is 0 Å². The van der Waals surface area contributed by atoms with E-state index in [0.29, 0.717) is 10.2 Å². The maximum atomic E-state index is 11.8. The topological polar surface area (TPSA) is 91.0 Å². The highest BCUT2D eigenvalue weighted by Gasteiger charge is 2.19. The Kier molecular flexibility index (Phi) is 2.79. The standard InChI is InChI=1S/C9H6N4O3S/c14-8-7(6-4-2-1-3-5-6)10-11-9(17)12(8)13(15)16/h1-5H,(H-,11,14,15,16,17)/p+1. The molecule has 1 aromatic heterocycles. The third kappa shape index (κ3) is 1.97. The molecule has 86 valence electrons. The van der Waals surface area contributed by atoms with Crippen molar-refractivity contribution in [3.63, 3.8) is 0 Å². The minimum absolute atomic E-state index is 0.00546. The molecule has 0 aliphatic heterocycles. The zero-order valence-electron chi connectivity index (χ0n) is 8.40. The fraction of sp³-hybridized carbons (Fsp3) is 0. The number of rotatable bonds is 2. The van der Waals surface area contributed by atoms with Crippen molar-refractivity contribution in [2.75, 3.05) is 0 Å². The lowest BCUT2D eigenvalue weighted by molar-refractivity contribution is -0.834. The van der Waals surface area contributed by atoms with Gasteiger partial charge in [-0.25, -0.2) is 10.3 Å². The Morgan fingerprint density at radius 3 is 2.59 bits per heavy atom. The molecule has 1 heterocycles. The molecule has 0 fully saturated rings. The minimum Gasteiger partial charge on any atom is -0.260 e. The lowest BCUT2D eigenvalue weighted by Crippen LogP contribution is -2.31. The molecule has 0 aliphatic rings. The van der Waals surface area contributed by atoms with Gasteiger partial charge in [-0.2, -0.15) is 5.10 Å². The number of aromatic nitrogens is 3. The number of nitrogens with zero attached hydrogens (tertiary/aromatic N) is 3. The second kappa shape index (κ2) is 4.26. The van der Waals surface area contributed by atoms with Crippen LogP contribution in [-0.2, 0) is 0 Å². The van der Waals surface area contributed by atoms with Crippen molar-refractivity contribution >= 4 is 12.2 Å². The largest absolute Gasteiger partial charge is 0.372 e. The molecule has 0 saturated carbocycles. The minimum atomic E-state index is -0.794. The van der Waals surface area contributed by atoms with Crippen molar-refractivity contribution in [1.29, 1.82) is 0 Å². The highest BCUT2D eigenvalue weighted by Crippen LogP contribution is 2.10. The van der Waals surface area contributed by atoms with Gasteiger partial charge in [-0.3, -0.25) is 4.79 Å². The van der Waals surface area contributed by atoms with Gasteiger partial charge in [-0.05, 0) is 12.2 Å². The van der Waals surface area contributed by atoms with E-state index in [1.807, 2.05) is 0 Å². The molecule has 0 unspecified atom stereocenters. The molecule has 0 aliphatic carbocycles. The summed E-state index contributed by atoms with van der Waals surface area (Å²) in [4.78, 5) is 22.6. The average Bonchev–Trinajstić information content (AvgIpc) is 2.30. The summed E-state index contributed by atoms with van der Waals surface area (Å²) in [7, 11) is 0. The van der Waals surface area contributed by atoms with Crippen LogP contribution in [0.4, 0.5) is 0 Å². The van der Waals surface area contributed by atoms with Crippen molar-refractivity contribution in [3.05, 3.63) is 50.4 Å². The predicted octanol–water partition coefficient (Wildman–Crippen LogP) is 0.899. The Morgan fingerprint density at radius 1 is 1.35 bits per heavy atom. The molecule has 0 saturated heterocycles. The second-order valence-electron chi connectivity index (χ2n) is 3.11. The summed E-state index contributed by atoms with van der Waals surface area (Å²) in [6.07, 6.45) is 0. The van der Waals surface area contributed by atoms with Gasteiger partial charge >= 0.3 is 10.6 Å². The van der Waals surface area contributed by atoms with Crippen LogP contribution in [0.3, 0.4) is 0 Å². The molecule has 0 radical (unpaired) electrons. The number of hydrogen-bond donors (Lipinski definition) is 2. The average molecular weight is 251 g/mol. The van der Waals surface area contributed by atoms with Crippen molar-refractivity contribution in [1.82, 2.24) is 14.9 Å². The Morgan fingerprint density at radius 2 is 2.00 bits per heavy atom. The van der Waals surface area contributed by atoms with Crippen molar-refractivity contribution < 1.29 is 10.2 Å². The Bertz CT molecular complexity index is 677. The second-order valence-corrected chi connectivity index (χ2v) is 3.50. The molecule has 0 bridgehead atoms. The van der Waals surface area contributed by atoms with Crippen LogP contribution < -0.4 is 5.56 Å². The molecule has 8 heteroatoms. The molecular weight excluding hydrogens is 244 g/mol. The summed E-state index contributed by atoms with van der Waals surface area (Å²) in [5.74, 6) is 0. The first-order valence-corrected chi connectivity index (χ1v) is 4.95. The predicted molar refractivity (Wildman–Crippen MR) is 59.9 cm³/mol. The number of benzene rings is 1. The zero-order chi connectivity index (χ0) is 12.4. The third-order valence-corrected chi connectivity index (χ3v) is 2.33. The SMILES string of the molecule is O=c1c(-c2ccccc2)n[nH]c(=S)n1[N+](=O)O. The highest BCUT2D eigenvalue weighted by molar-refractivity contribution is 7.71. The fourth-order valence-corrected chi connectivity index (χ4v) is 1.53. The number of aromatic amines is 1. The van der Waals surface area contributed by atoms with Crippen LogP contribution in [0.25, 0.3) is 11.3 Å². The Hall–Kier alpha value is -2.35. The van der Waals surface area contributed by atoms with Gasteiger partial charge in [0, 0.05) is 10.2 Å². The number of hydrogen-bond acceptors (Lipinski definition) is 4. The van der Waals surface area contributed by atoms with Crippen LogP contribution in [0.15, 0.2) is 35.1 Å². The molecule has 0 spiro atoms. The zero-order valence-corrected chi connectivity index (χ0v) is 9.22. The maximum Gasteiger partial charge on any atom is 0.372 e. The molecule has 2 rings (SSSR count). The van der Waals surface area contributed by atoms with E-state index in [0.717, 1.165) is 0 Å². The molecular formula is C9H7N4O3S+. The summed E-state index contributed by atoms with van der Waals surface area (Å²) < 4.78 is 0.0807. The van der Waals surface area contributed by atoms with E-state index in [2.05, 4.69) is 22.4 Å². The van der Waals surface area contributed by atoms with E-state index in [-0.39, 0.29) is 10.5 Å². The smallest absolute Gasteiger partial charge is 0.260 e. The molecule has 0 atom stereocenters. The van der Waals surface area contributed by atoms with Crippen molar-refractivity contribution in [2.24, 2.45) is 0 Å². The van der Waals surface area contributed by atoms with E-state index in [4.69, 9.17) is 5.21 Å². The summed E-state index contributed by atoms with van der Waals surface area (Å²) in [6.45, 7) is 0. The maximum absolute atomic E-state index is 11.8. The van der Waals surface area contributed by atoms with E-state index in [1.54, 1.807) is 30.3 Å². The number of nitrogens with one attached hydrogen (secondary N) is 1. The van der Waals surface area contributed by atoms with Crippen LogP contribution in [-0.4, -0.2) is 25.1 Å². The molecule has 17 heavy (non-hydrogen) atoms. The van der Waals surface area contributed by atoms with Gasteiger partial charge in [-0.1, -0.05) is 30.3 Å². The van der Waals surface area contributed by atoms with Gasteiger partial charge in [0.1, 0.15) is 4.91 Å². The Labute approximate surface area is 99.5 Å². The summed E-state index contributed by atoms with van der Waals surface area (Å²) >= 11 is 4.67. The molecule has 7 nitrogen and oxygen atoms in total. The van der Waals surface area contributed by atoms with E-state index in [1.165, 1.54) is 0 Å². The van der Waals surface area contributed by atoms with Gasteiger partial charge in [0.15, 0.2) is 5.69 Å². The lowest BCUT2D eigenvalue weighted by Gasteiger charge is -1.98. The Balaban J connectivity index is 2.75. The fourth-order valence-electron chi connectivity index (χ4n) is 1.33. The quantitative estimate of drug-likeness (QED) is 0.611. The normalized spacial score (nSPS) is 10.1. The van der Waals surface area contributed by atoms with Gasteiger partial charge in [0.2, 0.25) is 0 Å². The van der Waals surface area contributed by atoms with Crippen LogP contribution in [0.5, 0.6) is 0 Å². The van der Waals surface area contributed by atoms with Crippen molar-refractivity contribution in [3.8, 4) is 11.3 Å². The summed E-state index contributed by atoms with van der Waals surface area (Å²) in [5, 5.41) is 14.2. The summed E-state index contributed by atoms with van der Waals surface area (Å²) in [6, 6.07) is 8.51. The van der Waals surface area contributed by atoms with Gasteiger partial charge in [0.05, 0.1) is 0 Å². The molecule has 0 amide bonds. The molecule has 1 aromatic carbocycles. The monoisotopic (exact) mass is 251 g/mol. The first kappa shape index (κ1) is 11.1. The third-order valence-electron chi connectivity index (χ3n) is 2.07.